The molecule has 0 amide bonds. The third-order valence-corrected chi connectivity index (χ3v) is 17.0. The van der Waals surface area contributed by atoms with Gasteiger partial charge in [-0.3, -0.25) is 0 Å². The van der Waals surface area contributed by atoms with Gasteiger partial charge in [0.05, 0.1) is 5.41 Å². The second kappa shape index (κ2) is 16.2. The Morgan fingerprint density at radius 3 is 1.53 bits per heavy atom. The van der Waals surface area contributed by atoms with Gasteiger partial charge in [0, 0.05) is 47.6 Å². The average molecular weight is 972 g/mol. The van der Waals surface area contributed by atoms with Gasteiger partial charge in [0.2, 0.25) is 0 Å². The summed E-state index contributed by atoms with van der Waals surface area (Å²) < 4.78 is 9.13. The van der Waals surface area contributed by atoms with Crippen LogP contribution in [0, 0.1) is 0 Å². The van der Waals surface area contributed by atoms with E-state index in [9.17, 15) is 0 Å². The Kier molecular flexibility index (Phi) is 9.09. The van der Waals surface area contributed by atoms with Crippen LogP contribution in [0.3, 0.4) is 0 Å². The predicted molar refractivity (Wildman–Crippen MR) is 309 cm³/mol. The number of thiophene rings is 1. The van der Waals surface area contributed by atoms with Crippen LogP contribution in [0.25, 0.3) is 132 Å². The fraction of sp³-hybridized carbons (Fsp3) is 0.0143. The van der Waals surface area contributed by atoms with Crippen molar-refractivity contribution in [3.8, 4) is 89.8 Å². The SMILES string of the molecule is c1ccc(-c2ccc(-c3nc(-c4ccc5sc6ccccc6c5c4)nc(-c4cccc5oc6ccc(-c7ccc(-c8cccc9c8C8(c%10ccccc%10-c%10ccccc%108)c8ccccc8-9)cc7)cc6c45)n3)cc2)cc1. The lowest BCUT2D eigenvalue weighted by molar-refractivity contribution is 0.669. The minimum Gasteiger partial charge on any atom is -0.456 e. The number of hydrogen-bond donors (Lipinski definition) is 0. The standard InChI is InChI=1S/C70H41N3OS/c1-2-14-42(15-3-1)43-30-34-46(35-31-43)67-71-68(48-37-39-64-56(41-48)53-19-7-11-27-63(53)75-64)73-69(72-67)55-22-13-26-62-65(55)57-40-47(36-38-61(57)74-62)44-28-32-45(33-29-44)49-20-12-21-54-52-18-6-10-25-60(52)70(66(49)54)58-23-8-4-16-50(58)51-17-5-9-24-59(51)70/h1-41H. The van der Waals surface area contributed by atoms with Gasteiger partial charge < -0.3 is 4.42 Å². The Labute approximate surface area is 436 Å². The number of hydrogen-bond acceptors (Lipinski definition) is 5. The molecule has 0 unspecified atom stereocenters. The molecule has 4 nitrogen and oxygen atoms in total. The first-order chi connectivity index (χ1) is 37.2. The maximum absolute atomic E-state index is 6.64. The maximum atomic E-state index is 6.64. The molecule has 348 valence electrons. The van der Waals surface area contributed by atoms with E-state index in [1.807, 2.05) is 18.2 Å². The molecule has 14 aromatic rings. The van der Waals surface area contributed by atoms with Gasteiger partial charge in [-0.2, -0.15) is 0 Å². The molecule has 16 rings (SSSR count). The topological polar surface area (TPSA) is 51.8 Å². The Bertz CT molecular complexity index is 4580. The summed E-state index contributed by atoms with van der Waals surface area (Å²) >= 11 is 1.81. The summed E-state index contributed by atoms with van der Waals surface area (Å²) in [7, 11) is 0. The molecule has 1 spiro atoms. The van der Waals surface area contributed by atoms with Crippen molar-refractivity contribution in [3.63, 3.8) is 0 Å². The molecule has 2 aliphatic carbocycles. The van der Waals surface area contributed by atoms with Crippen molar-refractivity contribution >= 4 is 53.4 Å². The third kappa shape index (κ3) is 6.26. The minimum atomic E-state index is -0.432. The summed E-state index contributed by atoms with van der Waals surface area (Å²) in [6.07, 6.45) is 0. The van der Waals surface area contributed by atoms with Gasteiger partial charge >= 0.3 is 0 Å². The first-order valence-electron chi connectivity index (χ1n) is 25.5. The Morgan fingerprint density at radius 2 is 0.787 bits per heavy atom. The van der Waals surface area contributed by atoms with Gasteiger partial charge in [0.1, 0.15) is 11.2 Å². The van der Waals surface area contributed by atoms with Crippen molar-refractivity contribution < 1.29 is 4.42 Å². The monoisotopic (exact) mass is 971 g/mol. The maximum Gasteiger partial charge on any atom is 0.164 e. The van der Waals surface area contributed by atoms with Crippen LogP contribution in [0.15, 0.2) is 253 Å². The molecule has 0 saturated heterocycles. The van der Waals surface area contributed by atoms with Crippen molar-refractivity contribution in [2.45, 2.75) is 5.41 Å². The number of rotatable bonds is 6. The smallest absolute Gasteiger partial charge is 0.164 e. The van der Waals surface area contributed by atoms with Gasteiger partial charge in [-0.25, -0.2) is 15.0 Å². The van der Waals surface area contributed by atoms with Crippen LogP contribution in [0.2, 0.25) is 0 Å². The van der Waals surface area contributed by atoms with E-state index < -0.39 is 5.41 Å². The van der Waals surface area contributed by atoms with Gasteiger partial charge in [-0.05, 0) is 120 Å². The van der Waals surface area contributed by atoms with Gasteiger partial charge in [0.15, 0.2) is 17.5 Å². The van der Waals surface area contributed by atoms with E-state index in [-0.39, 0.29) is 0 Å². The second-order valence-corrected chi connectivity index (χ2v) is 20.8. The van der Waals surface area contributed by atoms with Crippen LogP contribution < -0.4 is 0 Å². The van der Waals surface area contributed by atoms with E-state index in [0.29, 0.717) is 17.5 Å². The average Bonchev–Trinajstić information content (AvgIpc) is 4.31. The highest BCUT2D eigenvalue weighted by atomic mass is 32.1. The Balaban J connectivity index is 0.822. The zero-order valence-corrected chi connectivity index (χ0v) is 41.1. The van der Waals surface area contributed by atoms with Crippen molar-refractivity contribution in [1.82, 2.24) is 15.0 Å². The molecule has 0 radical (unpaired) electrons. The molecular weight excluding hydrogens is 931 g/mol. The van der Waals surface area contributed by atoms with E-state index in [0.717, 1.165) is 60.9 Å². The van der Waals surface area contributed by atoms with E-state index in [1.165, 1.54) is 75.8 Å². The number of furan rings is 1. The summed E-state index contributed by atoms with van der Waals surface area (Å²) in [5.41, 5.74) is 21.4. The van der Waals surface area contributed by atoms with Crippen LogP contribution in [-0.4, -0.2) is 15.0 Å². The van der Waals surface area contributed by atoms with E-state index >= 15 is 0 Å². The summed E-state index contributed by atoms with van der Waals surface area (Å²) in [5.74, 6) is 1.81. The molecule has 11 aromatic carbocycles. The molecule has 0 N–H and O–H groups in total. The summed E-state index contributed by atoms with van der Waals surface area (Å²) in [4.78, 5) is 15.8. The van der Waals surface area contributed by atoms with Gasteiger partial charge in [0.25, 0.3) is 0 Å². The Morgan fingerprint density at radius 1 is 0.293 bits per heavy atom. The quantitative estimate of drug-likeness (QED) is 0.167. The molecule has 0 fully saturated rings. The van der Waals surface area contributed by atoms with Crippen LogP contribution in [0.4, 0.5) is 0 Å². The van der Waals surface area contributed by atoms with Crippen LogP contribution in [-0.2, 0) is 5.41 Å². The molecule has 0 saturated carbocycles. The van der Waals surface area contributed by atoms with E-state index in [4.69, 9.17) is 19.4 Å². The third-order valence-electron chi connectivity index (χ3n) is 15.8. The summed E-state index contributed by atoms with van der Waals surface area (Å²) in [6, 6.07) is 89.9. The molecular formula is C70H41N3OS. The van der Waals surface area contributed by atoms with E-state index in [1.54, 1.807) is 11.3 Å². The normalized spacial score (nSPS) is 12.9. The fourth-order valence-corrected chi connectivity index (χ4v) is 13.6. The summed E-state index contributed by atoms with van der Waals surface area (Å²) in [6.45, 7) is 0. The fourth-order valence-electron chi connectivity index (χ4n) is 12.5. The lowest BCUT2D eigenvalue weighted by atomic mass is 9.68. The molecule has 3 aromatic heterocycles. The van der Waals surface area contributed by atoms with Crippen molar-refractivity contribution in [3.05, 3.63) is 271 Å². The van der Waals surface area contributed by atoms with E-state index in [2.05, 4.69) is 231 Å². The molecule has 0 aliphatic heterocycles. The minimum absolute atomic E-state index is 0.432. The largest absolute Gasteiger partial charge is 0.456 e. The lowest BCUT2D eigenvalue weighted by Gasteiger charge is -2.32. The van der Waals surface area contributed by atoms with Crippen LogP contribution >= 0.6 is 11.3 Å². The first kappa shape index (κ1) is 42.0. The Hall–Kier alpha value is -9.55. The number of aromatic nitrogens is 3. The highest BCUT2D eigenvalue weighted by Gasteiger charge is 2.52. The number of fused-ring (bicyclic) bond motifs is 16. The predicted octanol–water partition coefficient (Wildman–Crippen LogP) is 18.5. The van der Waals surface area contributed by atoms with Gasteiger partial charge in [-0.1, -0.05) is 206 Å². The highest BCUT2D eigenvalue weighted by molar-refractivity contribution is 7.25. The molecule has 75 heavy (non-hydrogen) atoms. The van der Waals surface area contributed by atoms with Gasteiger partial charge in [-0.15, -0.1) is 11.3 Å². The van der Waals surface area contributed by atoms with Crippen molar-refractivity contribution in [2.24, 2.45) is 0 Å². The lowest BCUT2D eigenvalue weighted by Crippen LogP contribution is -2.26. The summed E-state index contributed by atoms with van der Waals surface area (Å²) in [5, 5.41) is 4.40. The first-order valence-corrected chi connectivity index (χ1v) is 26.3. The molecule has 0 atom stereocenters. The van der Waals surface area contributed by atoms with Crippen LogP contribution in [0.5, 0.6) is 0 Å². The second-order valence-electron chi connectivity index (χ2n) is 19.7. The number of nitrogens with zero attached hydrogens (tertiary/aromatic N) is 3. The van der Waals surface area contributed by atoms with Crippen molar-refractivity contribution in [1.29, 1.82) is 0 Å². The molecule has 2 aliphatic rings. The highest BCUT2D eigenvalue weighted by Crippen LogP contribution is 2.64. The molecule has 0 bridgehead atoms. The van der Waals surface area contributed by atoms with Crippen LogP contribution in [0.1, 0.15) is 22.3 Å². The van der Waals surface area contributed by atoms with Crippen molar-refractivity contribution in [2.75, 3.05) is 0 Å². The molecule has 3 heterocycles. The molecule has 5 heteroatoms. The number of benzene rings is 11. The zero-order valence-electron chi connectivity index (χ0n) is 40.3. The zero-order chi connectivity index (χ0) is 49.2.